The number of likely N-dealkylation sites (tertiary alicyclic amines) is 1. The maximum atomic E-state index is 13.0. The Labute approximate surface area is 176 Å². The number of piperidine rings is 1. The fourth-order valence-electron chi connectivity index (χ4n) is 4.61. The van der Waals surface area contributed by atoms with Crippen LogP contribution in [0.5, 0.6) is 0 Å². The molecule has 30 heavy (non-hydrogen) atoms. The molecule has 1 aromatic heterocycles. The van der Waals surface area contributed by atoms with Crippen molar-refractivity contribution >= 4 is 5.69 Å². The van der Waals surface area contributed by atoms with Gasteiger partial charge in [0.25, 0.3) is 0 Å². The van der Waals surface area contributed by atoms with Crippen LogP contribution in [0, 0.1) is 6.92 Å². The molecule has 1 aromatic carbocycles. The molecular weight excluding hydrogens is 389 g/mol. The first-order chi connectivity index (χ1) is 14.4. The van der Waals surface area contributed by atoms with Crippen molar-refractivity contribution in [3.05, 3.63) is 59.4 Å². The maximum absolute atomic E-state index is 13.0. The topological polar surface area (TPSA) is 22.6 Å². The second-order valence-corrected chi connectivity index (χ2v) is 8.37. The number of alkyl halides is 3. The van der Waals surface area contributed by atoms with Crippen molar-refractivity contribution < 1.29 is 13.2 Å². The lowest BCUT2D eigenvalue weighted by Crippen LogP contribution is -2.55. The molecule has 3 heterocycles. The van der Waals surface area contributed by atoms with E-state index >= 15 is 0 Å². The molecule has 0 N–H and O–H groups in total. The third-order valence-electron chi connectivity index (χ3n) is 6.18. The summed E-state index contributed by atoms with van der Waals surface area (Å²) in [7, 11) is 0. The molecule has 0 unspecified atom stereocenters. The standard InChI is InChI=1S/C23H29F3N4/c1-18-5-2-7-20(27-18)16-28-10-4-9-22(17-28)30-13-11-29(12-14-30)21-8-3-6-19(15-21)23(24,25)26/h2-3,5-8,15,22H,4,9-14,16-17H2,1H3/t22-/m1/s1. The highest BCUT2D eigenvalue weighted by Crippen LogP contribution is 2.32. The van der Waals surface area contributed by atoms with Gasteiger partial charge in [-0.15, -0.1) is 0 Å². The van der Waals surface area contributed by atoms with Crippen molar-refractivity contribution in [3.63, 3.8) is 0 Å². The second kappa shape index (κ2) is 8.94. The Balaban J connectivity index is 1.33. The molecule has 0 aliphatic carbocycles. The highest BCUT2D eigenvalue weighted by atomic mass is 19.4. The normalized spacial score (nSPS) is 21.7. The first-order valence-corrected chi connectivity index (χ1v) is 10.7. The summed E-state index contributed by atoms with van der Waals surface area (Å²) in [6, 6.07) is 12.4. The molecule has 2 aliphatic rings. The first kappa shape index (κ1) is 21.1. The van der Waals surface area contributed by atoms with E-state index in [1.54, 1.807) is 6.07 Å². The highest BCUT2D eigenvalue weighted by molar-refractivity contribution is 5.49. The molecule has 7 heteroatoms. The van der Waals surface area contributed by atoms with Gasteiger partial charge in [-0.1, -0.05) is 12.1 Å². The molecule has 4 rings (SSSR count). The molecular formula is C23H29F3N4. The van der Waals surface area contributed by atoms with Crippen molar-refractivity contribution in [2.24, 2.45) is 0 Å². The largest absolute Gasteiger partial charge is 0.416 e. The van der Waals surface area contributed by atoms with Crippen LogP contribution in [0.2, 0.25) is 0 Å². The molecule has 2 aromatic rings. The quantitative estimate of drug-likeness (QED) is 0.742. The van der Waals surface area contributed by atoms with Crippen LogP contribution >= 0.6 is 0 Å². The number of piperazine rings is 1. The van der Waals surface area contributed by atoms with Crippen molar-refractivity contribution in [3.8, 4) is 0 Å². The molecule has 1 atom stereocenters. The van der Waals surface area contributed by atoms with Gasteiger partial charge in [0.1, 0.15) is 0 Å². The second-order valence-electron chi connectivity index (χ2n) is 8.37. The highest BCUT2D eigenvalue weighted by Gasteiger charge is 2.32. The summed E-state index contributed by atoms with van der Waals surface area (Å²) in [5, 5.41) is 0. The minimum Gasteiger partial charge on any atom is -0.369 e. The summed E-state index contributed by atoms with van der Waals surface area (Å²) in [5.41, 5.74) is 2.26. The first-order valence-electron chi connectivity index (χ1n) is 10.7. The molecule has 4 nitrogen and oxygen atoms in total. The number of hydrogen-bond acceptors (Lipinski definition) is 4. The van der Waals surface area contributed by atoms with E-state index in [4.69, 9.17) is 0 Å². The Bertz CT molecular complexity index is 846. The van der Waals surface area contributed by atoms with Crippen LogP contribution in [0.3, 0.4) is 0 Å². The van der Waals surface area contributed by atoms with Crippen LogP contribution in [-0.4, -0.2) is 60.1 Å². The zero-order chi connectivity index (χ0) is 21.1. The van der Waals surface area contributed by atoms with Gasteiger partial charge < -0.3 is 4.90 Å². The number of aryl methyl sites for hydroxylation is 1. The number of pyridine rings is 1. The molecule has 0 bridgehead atoms. The van der Waals surface area contributed by atoms with Crippen LogP contribution in [0.4, 0.5) is 18.9 Å². The van der Waals surface area contributed by atoms with E-state index in [0.29, 0.717) is 11.7 Å². The van der Waals surface area contributed by atoms with Gasteiger partial charge in [0, 0.05) is 56.7 Å². The number of aromatic nitrogens is 1. The van der Waals surface area contributed by atoms with Crippen molar-refractivity contribution in [2.45, 2.75) is 38.5 Å². The van der Waals surface area contributed by atoms with Crippen molar-refractivity contribution in [2.75, 3.05) is 44.2 Å². The summed E-state index contributed by atoms with van der Waals surface area (Å²) in [6.45, 7) is 8.31. The molecule has 2 fully saturated rings. The van der Waals surface area contributed by atoms with Gasteiger partial charge in [-0.05, 0) is 56.6 Å². The van der Waals surface area contributed by atoms with Crippen LogP contribution < -0.4 is 4.90 Å². The van der Waals surface area contributed by atoms with Gasteiger partial charge in [0.15, 0.2) is 0 Å². The summed E-state index contributed by atoms with van der Waals surface area (Å²) in [4.78, 5) is 11.7. The fourth-order valence-corrected chi connectivity index (χ4v) is 4.61. The van der Waals surface area contributed by atoms with Gasteiger partial charge in [-0.3, -0.25) is 14.8 Å². The molecule has 0 saturated carbocycles. The number of nitrogens with zero attached hydrogens (tertiary/aromatic N) is 4. The molecule has 162 valence electrons. The van der Waals surface area contributed by atoms with Gasteiger partial charge in [-0.2, -0.15) is 13.2 Å². The van der Waals surface area contributed by atoms with E-state index in [2.05, 4.69) is 31.8 Å². The predicted molar refractivity (Wildman–Crippen MR) is 113 cm³/mol. The van der Waals surface area contributed by atoms with E-state index in [0.717, 1.165) is 63.3 Å². The average molecular weight is 419 g/mol. The van der Waals surface area contributed by atoms with Gasteiger partial charge >= 0.3 is 6.18 Å². The molecule has 2 saturated heterocycles. The monoisotopic (exact) mass is 418 g/mol. The molecule has 0 spiro atoms. The lowest BCUT2D eigenvalue weighted by molar-refractivity contribution is -0.137. The van der Waals surface area contributed by atoms with E-state index < -0.39 is 11.7 Å². The minimum absolute atomic E-state index is 0.507. The number of anilines is 1. The van der Waals surface area contributed by atoms with Crippen LogP contribution in [0.1, 0.15) is 29.8 Å². The number of hydrogen-bond donors (Lipinski definition) is 0. The van der Waals surface area contributed by atoms with Gasteiger partial charge in [-0.25, -0.2) is 0 Å². The Hall–Kier alpha value is -2.12. The maximum Gasteiger partial charge on any atom is 0.416 e. The SMILES string of the molecule is Cc1cccc(CN2CCC[C@@H](N3CCN(c4cccc(C(F)(F)F)c4)CC3)C2)n1. The van der Waals surface area contributed by atoms with Crippen LogP contribution in [-0.2, 0) is 12.7 Å². The summed E-state index contributed by atoms with van der Waals surface area (Å²) in [6.07, 6.45) is -1.94. The van der Waals surface area contributed by atoms with Crippen LogP contribution in [0.25, 0.3) is 0 Å². The summed E-state index contributed by atoms with van der Waals surface area (Å²) in [5.74, 6) is 0. The zero-order valence-corrected chi connectivity index (χ0v) is 17.4. The van der Waals surface area contributed by atoms with Gasteiger partial charge in [0.05, 0.1) is 11.3 Å². The third-order valence-corrected chi connectivity index (χ3v) is 6.18. The predicted octanol–water partition coefficient (Wildman–Crippen LogP) is 4.20. The summed E-state index contributed by atoms with van der Waals surface area (Å²) < 4.78 is 39.1. The number of rotatable bonds is 4. The lowest BCUT2D eigenvalue weighted by Gasteiger charge is -2.44. The summed E-state index contributed by atoms with van der Waals surface area (Å²) >= 11 is 0. The number of halogens is 3. The Morgan fingerprint density at radius 3 is 2.50 bits per heavy atom. The van der Waals surface area contributed by atoms with E-state index in [-0.39, 0.29) is 0 Å². The number of benzene rings is 1. The Kier molecular flexibility index (Phi) is 6.29. The fraction of sp³-hybridized carbons (Fsp3) is 0.522. The molecule has 0 radical (unpaired) electrons. The smallest absolute Gasteiger partial charge is 0.369 e. The van der Waals surface area contributed by atoms with Crippen LogP contribution in [0.15, 0.2) is 42.5 Å². The zero-order valence-electron chi connectivity index (χ0n) is 17.4. The van der Waals surface area contributed by atoms with E-state index in [9.17, 15) is 13.2 Å². The molecule has 2 aliphatic heterocycles. The molecule has 0 amide bonds. The minimum atomic E-state index is -4.30. The van der Waals surface area contributed by atoms with E-state index in [1.807, 2.05) is 13.0 Å². The van der Waals surface area contributed by atoms with Crippen molar-refractivity contribution in [1.29, 1.82) is 0 Å². The Morgan fingerprint density at radius 1 is 1.00 bits per heavy atom. The average Bonchev–Trinajstić information content (AvgIpc) is 2.74. The van der Waals surface area contributed by atoms with E-state index in [1.165, 1.54) is 25.0 Å². The Morgan fingerprint density at radius 2 is 1.77 bits per heavy atom. The van der Waals surface area contributed by atoms with Crippen molar-refractivity contribution in [1.82, 2.24) is 14.8 Å². The van der Waals surface area contributed by atoms with Gasteiger partial charge in [0.2, 0.25) is 0 Å². The third kappa shape index (κ3) is 5.13. The lowest BCUT2D eigenvalue weighted by atomic mass is 10.0.